The van der Waals surface area contributed by atoms with E-state index in [9.17, 15) is 4.79 Å². The van der Waals surface area contributed by atoms with Crippen molar-refractivity contribution in [2.75, 3.05) is 59.4 Å². The molecule has 0 aromatic rings. The summed E-state index contributed by atoms with van der Waals surface area (Å²) in [5.74, 6) is 0.777. The van der Waals surface area contributed by atoms with Crippen molar-refractivity contribution < 1.29 is 9.53 Å². The van der Waals surface area contributed by atoms with E-state index < -0.39 is 11.7 Å². The molecule has 0 radical (unpaired) electrons. The van der Waals surface area contributed by atoms with Crippen LogP contribution in [0.4, 0.5) is 4.79 Å². The molecule has 0 spiro atoms. The van der Waals surface area contributed by atoms with Gasteiger partial charge in [0.25, 0.3) is 0 Å². The maximum absolute atomic E-state index is 11.6. The average molecular weight is 498 g/mol. The molecule has 1 amide bonds. The van der Waals surface area contributed by atoms with Gasteiger partial charge in [-0.3, -0.25) is 9.89 Å². The summed E-state index contributed by atoms with van der Waals surface area (Å²) in [4.78, 5) is 21.1. The maximum atomic E-state index is 11.6. The Labute approximate surface area is 181 Å². The largest absolute Gasteiger partial charge is 0.444 e. The Morgan fingerprint density at radius 3 is 2.26 bits per heavy atom. The van der Waals surface area contributed by atoms with Crippen LogP contribution in [0.2, 0.25) is 0 Å². The summed E-state index contributed by atoms with van der Waals surface area (Å²) >= 11 is 0. The van der Waals surface area contributed by atoms with Crippen LogP contribution in [0.15, 0.2) is 4.99 Å². The highest BCUT2D eigenvalue weighted by molar-refractivity contribution is 14.0. The van der Waals surface area contributed by atoms with Gasteiger partial charge < -0.3 is 25.6 Å². The number of carbonyl (C=O) groups excluding carboxylic acids is 1. The van der Waals surface area contributed by atoms with Crippen LogP contribution in [0.1, 0.15) is 34.6 Å². The van der Waals surface area contributed by atoms with Gasteiger partial charge in [-0.25, -0.2) is 4.79 Å². The molecule has 1 saturated heterocycles. The van der Waals surface area contributed by atoms with Crippen molar-refractivity contribution in [3.8, 4) is 0 Å². The molecule has 0 aliphatic carbocycles. The summed E-state index contributed by atoms with van der Waals surface area (Å²) in [6, 6.07) is 0.416. The van der Waals surface area contributed by atoms with E-state index in [4.69, 9.17) is 4.74 Å². The van der Waals surface area contributed by atoms with Crippen molar-refractivity contribution in [3.05, 3.63) is 0 Å². The normalized spacial score (nSPS) is 17.6. The second-order valence-corrected chi connectivity index (χ2v) is 7.76. The number of aliphatic imine (C=N–C) groups is 1. The first-order chi connectivity index (χ1) is 12.2. The predicted molar refractivity (Wildman–Crippen MR) is 122 cm³/mol. The van der Waals surface area contributed by atoms with E-state index in [0.717, 1.165) is 45.2 Å². The smallest absolute Gasteiger partial charge is 0.407 e. The molecular formula is C18H39IN6O2. The minimum absolute atomic E-state index is 0. The highest BCUT2D eigenvalue weighted by Gasteiger charge is 2.19. The summed E-state index contributed by atoms with van der Waals surface area (Å²) in [7, 11) is 2.17. The first-order valence-electron chi connectivity index (χ1n) is 9.63. The van der Waals surface area contributed by atoms with E-state index >= 15 is 0 Å². The van der Waals surface area contributed by atoms with Crippen LogP contribution in [-0.4, -0.2) is 92.9 Å². The zero-order valence-corrected chi connectivity index (χ0v) is 20.1. The van der Waals surface area contributed by atoms with Gasteiger partial charge in [-0.05, 0) is 41.7 Å². The summed E-state index contributed by atoms with van der Waals surface area (Å²) in [5.41, 5.74) is -0.479. The van der Waals surface area contributed by atoms with Crippen molar-refractivity contribution in [2.24, 2.45) is 4.99 Å². The van der Waals surface area contributed by atoms with Gasteiger partial charge in [0, 0.05) is 51.9 Å². The third-order valence-corrected chi connectivity index (χ3v) is 4.10. The molecule has 1 unspecified atom stereocenters. The Kier molecular flexibility index (Phi) is 13.0. The Bertz CT molecular complexity index is 448. The monoisotopic (exact) mass is 498 g/mol. The first kappa shape index (κ1) is 26.2. The molecule has 0 aromatic carbocycles. The molecule has 1 aliphatic rings. The molecular weight excluding hydrogens is 459 g/mol. The van der Waals surface area contributed by atoms with Crippen molar-refractivity contribution in [1.82, 2.24) is 25.8 Å². The number of alkyl carbamates (subject to hydrolysis) is 1. The minimum atomic E-state index is -0.479. The second-order valence-electron chi connectivity index (χ2n) is 7.76. The van der Waals surface area contributed by atoms with Gasteiger partial charge >= 0.3 is 6.09 Å². The SMILES string of the molecule is CCNC(=NCC(C)N1CCN(C)CC1)NCCNC(=O)OC(C)(C)C.I. The van der Waals surface area contributed by atoms with Crippen LogP contribution >= 0.6 is 24.0 Å². The van der Waals surface area contributed by atoms with Crippen LogP contribution < -0.4 is 16.0 Å². The lowest BCUT2D eigenvalue weighted by atomic mass is 10.2. The lowest BCUT2D eigenvalue weighted by Crippen LogP contribution is -2.49. The molecule has 27 heavy (non-hydrogen) atoms. The number of amides is 1. The summed E-state index contributed by atoms with van der Waals surface area (Å²) in [6.45, 7) is 16.8. The molecule has 0 bridgehead atoms. The Hall–Kier alpha value is -0.810. The summed E-state index contributed by atoms with van der Waals surface area (Å²) in [6.07, 6.45) is -0.398. The number of nitrogens with one attached hydrogen (secondary N) is 3. The van der Waals surface area contributed by atoms with Gasteiger partial charge in [-0.1, -0.05) is 0 Å². The maximum Gasteiger partial charge on any atom is 0.407 e. The van der Waals surface area contributed by atoms with E-state index in [-0.39, 0.29) is 24.0 Å². The first-order valence-corrected chi connectivity index (χ1v) is 9.63. The summed E-state index contributed by atoms with van der Waals surface area (Å²) in [5, 5.41) is 9.23. The van der Waals surface area contributed by atoms with Crippen molar-refractivity contribution >= 4 is 36.0 Å². The van der Waals surface area contributed by atoms with Crippen molar-refractivity contribution in [2.45, 2.75) is 46.3 Å². The lowest BCUT2D eigenvalue weighted by molar-refractivity contribution is 0.0529. The highest BCUT2D eigenvalue weighted by atomic mass is 127. The number of ether oxygens (including phenoxy) is 1. The van der Waals surface area contributed by atoms with Crippen molar-refractivity contribution in [1.29, 1.82) is 0 Å². The van der Waals surface area contributed by atoms with Crippen LogP contribution in [-0.2, 0) is 4.74 Å². The lowest BCUT2D eigenvalue weighted by Gasteiger charge is -2.35. The molecule has 0 aromatic heterocycles. The molecule has 9 heteroatoms. The third-order valence-electron chi connectivity index (χ3n) is 4.10. The Morgan fingerprint density at radius 1 is 1.11 bits per heavy atom. The fraction of sp³-hybridized carbons (Fsp3) is 0.889. The average Bonchev–Trinajstić information content (AvgIpc) is 2.55. The van der Waals surface area contributed by atoms with Gasteiger partial charge in [0.1, 0.15) is 5.60 Å². The van der Waals surface area contributed by atoms with E-state index in [2.05, 4.69) is 44.7 Å². The number of guanidine groups is 1. The van der Waals surface area contributed by atoms with E-state index in [0.29, 0.717) is 19.1 Å². The number of halogens is 1. The molecule has 1 aliphatic heterocycles. The molecule has 1 heterocycles. The van der Waals surface area contributed by atoms with Gasteiger partial charge in [-0.15, -0.1) is 24.0 Å². The number of hydrogen-bond donors (Lipinski definition) is 3. The van der Waals surface area contributed by atoms with Gasteiger partial charge in [0.2, 0.25) is 0 Å². The number of likely N-dealkylation sites (N-methyl/N-ethyl adjacent to an activating group) is 1. The minimum Gasteiger partial charge on any atom is -0.444 e. The highest BCUT2D eigenvalue weighted by Crippen LogP contribution is 2.06. The topological polar surface area (TPSA) is 81.2 Å². The van der Waals surface area contributed by atoms with Crippen LogP contribution in [0.3, 0.4) is 0 Å². The molecule has 3 N–H and O–H groups in total. The zero-order valence-electron chi connectivity index (χ0n) is 17.8. The number of piperazine rings is 1. The predicted octanol–water partition coefficient (Wildman–Crippen LogP) is 1.32. The molecule has 8 nitrogen and oxygen atoms in total. The number of rotatable bonds is 7. The Balaban J connectivity index is 0.00000676. The fourth-order valence-corrected chi connectivity index (χ4v) is 2.60. The number of carbonyl (C=O) groups is 1. The van der Waals surface area contributed by atoms with E-state index in [1.54, 1.807) is 0 Å². The quantitative estimate of drug-likeness (QED) is 0.213. The molecule has 1 fully saturated rings. The number of nitrogens with zero attached hydrogens (tertiary/aromatic N) is 3. The summed E-state index contributed by atoms with van der Waals surface area (Å²) < 4.78 is 5.21. The van der Waals surface area contributed by atoms with Crippen molar-refractivity contribution in [3.63, 3.8) is 0 Å². The van der Waals surface area contributed by atoms with Crippen LogP contribution in [0.25, 0.3) is 0 Å². The third kappa shape index (κ3) is 12.3. The Morgan fingerprint density at radius 2 is 1.70 bits per heavy atom. The zero-order chi connectivity index (χ0) is 19.6. The van der Waals surface area contributed by atoms with Gasteiger partial charge in [0.05, 0.1) is 6.54 Å². The van der Waals surface area contributed by atoms with Crippen LogP contribution in [0.5, 0.6) is 0 Å². The second kappa shape index (κ2) is 13.4. The molecule has 1 atom stereocenters. The van der Waals surface area contributed by atoms with Crippen LogP contribution in [0, 0.1) is 0 Å². The van der Waals surface area contributed by atoms with E-state index in [1.807, 2.05) is 27.7 Å². The molecule has 1 rings (SSSR count). The fourth-order valence-electron chi connectivity index (χ4n) is 2.60. The van der Waals surface area contributed by atoms with E-state index in [1.165, 1.54) is 0 Å². The standard InChI is InChI=1S/C18H38N6O2.HI/c1-7-19-16(20-8-9-21-17(25)26-18(3,4)5)22-14-15(2)24-12-10-23(6)11-13-24;/h15H,7-14H2,1-6H3,(H,21,25)(H2,19,20,22);1H. The molecule has 0 saturated carbocycles. The van der Waals surface area contributed by atoms with Gasteiger partial charge in [-0.2, -0.15) is 0 Å². The molecule has 160 valence electrons. The number of hydrogen-bond acceptors (Lipinski definition) is 5. The van der Waals surface area contributed by atoms with Gasteiger partial charge in [0.15, 0.2) is 5.96 Å².